The molecule has 0 saturated heterocycles. The van der Waals surface area contributed by atoms with Crippen LogP contribution in [0.5, 0.6) is 0 Å². The Kier molecular flexibility index (Phi) is 7.14. The third kappa shape index (κ3) is 5.64. The molecule has 1 heterocycles. The molecular formula is C24H23NO4S. The van der Waals surface area contributed by atoms with E-state index in [2.05, 4.69) is 5.32 Å². The van der Waals surface area contributed by atoms with Gasteiger partial charge in [-0.2, -0.15) is 0 Å². The summed E-state index contributed by atoms with van der Waals surface area (Å²) >= 11 is 1.30. The quantitative estimate of drug-likeness (QED) is 0.431. The molecule has 1 aromatic heterocycles. The highest BCUT2D eigenvalue weighted by molar-refractivity contribution is 7.12. The van der Waals surface area contributed by atoms with E-state index in [1.807, 2.05) is 54.8 Å². The van der Waals surface area contributed by atoms with E-state index in [1.54, 1.807) is 12.1 Å². The Balaban J connectivity index is 1.57. The van der Waals surface area contributed by atoms with Gasteiger partial charge in [0, 0.05) is 24.6 Å². The van der Waals surface area contributed by atoms with E-state index >= 15 is 0 Å². The number of carbonyl (C=O) groups is 3. The molecule has 0 unspecified atom stereocenters. The highest BCUT2D eigenvalue weighted by atomic mass is 32.1. The molecule has 0 atom stereocenters. The molecule has 0 aliphatic rings. The summed E-state index contributed by atoms with van der Waals surface area (Å²) in [5, 5.41) is 4.57. The Morgan fingerprint density at radius 2 is 1.67 bits per heavy atom. The van der Waals surface area contributed by atoms with Gasteiger partial charge < -0.3 is 10.1 Å². The fraction of sp³-hybridized carbons (Fsp3) is 0.208. The second-order valence-electron chi connectivity index (χ2n) is 6.96. The summed E-state index contributed by atoms with van der Waals surface area (Å²) in [6, 6.07) is 16.9. The van der Waals surface area contributed by atoms with Gasteiger partial charge in [-0.1, -0.05) is 54.1 Å². The topological polar surface area (TPSA) is 72.5 Å². The predicted molar refractivity (Wildman–Crippen MR) is 118 cm³/mol. The lowest BCUT2D eigenvalue weighted by molar-refractivity contribution is -0.118. The van der Waals surface area contributed by atoms with Crippen molar-refractivity contribution >= 4 is 29.0 Å². The number of ketones is 1. The van der Waals surface area contributed by atoms with E-state index in [-0.39, 0.29) is 18.3 Å². The highest BCUT2D eigenvalue weighted by Crippen LogP contribution is 2.29. The summed E-state index contributed by atoms with van der Waals surface area (Å²) < 4.78 is 5.28. The Morgan fingerprint density at radius 1 is 0.967 bits per heavy atom. The normalized spacial score (nSPS) is 10.5. The number of aryl methyl sites for hydroxylation is 1. The van der Waals surface area contributed by atoms with Gasteiger partial charge in [0.1, 0.15) is 4.88 Å². The van der Waals surface area contributed by atoms with Crippen LogP contribution in [0.3, 0.4) is 0 Å². The molecule has 0 aliphatic heterocycles. The van der Waals surface area contributed by atoms with Gasteiger partial charge in [0.25, 0.3) is 0 Å². The van der Waals surface area contributed by atoms with Crippen LogP contribution in [0.4, 0.5) is 0 Å². The molecule has 1 N–H and O–H groups in total. The van der Waals surface area contributed by atoms with Gasteiger partial charge in [0.05, 0.1) is 0 Å². The summed E-state index contributed by atoms with van der Waals surface area (Å²) in [6.07, 6.45) is 0.684. The average Bonchev–Trinajstić information content (AvgIpc) is 3.22. The Labute approximate surface area is 179 Å². The molecule has 1 amide bonds. The zero-order valence-corrected chi connectivity index (χ0v) is 17.8. The van der Waals surface area contributed by atoms with Crippen molar-refractivity contribution < 1.29 is 19.1 Å². The SMILES string of the molecule is CC(=O)NCCc1ccc(C(=O)COC(=O)c2sccc2-c2ccc(C)cc2)cc1. The van der Waals surface area contributed by atoms with Crippen LogP contribution in [0, 0.1) is 6.92 Å². The van der Waals surface area contributed by atoms with Crippen molar-refractivity contribution in [1.82, 2.24) is 5.32 Å². The molecular weight excluding hydrogens is 398 g/mol. The zero-order chi connectivity index (χ0) is 21.5. The standard InChI is InChI=1S/C24H23NO4S/c1-16-3-7-19(8-4-16)21-12-14-30-23(21)24(28)29-15-22(27)20-9-5-18(6-10-20)11-13-25-17(2)26/h3-10,12,14H,11,13,15H2,1-2H3,(H,25,26). The van der Waals surface area contributed by atoms with Crippen molar-refractivity contribution in [3.63, 3.8) is 0 Å². The third-order valence-electron chi connectivity index (χ3n) is 4.61. The van der Waals surface area contributed by atoms with Crippen molar-refractivity contribution in [3.05, 3.63) is 81.5 Å². The number of ether oxygens (including phenoxy) is 1. The van der Waals surface area contributed by atoms with Crippen LogP contribution in [0.15, 0.2) is 60.0 Å². The lowest BCUT2D eigenvalue weighted by Crippen LogP contribution is -2.22. The molecule has 6 heteroatoms. The minimum absolute atomic E-state index is 0.0695. The molecule has 2 aromatic carbocycles. The van der Waals surface area contributed by atoms with Crippen LogP contribution in [0.2, 0.25) is 0 Å². The van der Waals surface area contributed by atoms with Crippen molar-refractivity contribution in [2.45, 2.75) is 20.3 Å². The van der Waals surface area contributed by atoms with Gasteiger partial charge in [-0.25, -0.2) is 4.79 Å². The highest BCUT2D eigenvalue weighted by Gasteiger charge is 2.18. The first kappa shape index (κ1) is 21.5. The molecule has 0 aliphatic carbocycles. The second-order valence-corrected chi connectivity index (χ2v) is 7.87. The first-order valence-electron chi connectivity index (χ1n) is 9.62. The largest absolute Gasteiger partial charge is 0.453 e. The third-order valence-corrected chi connectivity index (χ3v) is 5.51. The molecule has 0 fully saturated rings. The number of esters is 1. The average molecular weight is 422 g/mol. The van der Waals surface area contributed by atoms with E-state index < -0.39 is 5.97 Å². The van der Waals surface area contributed by atoms with E-state index in [9.17, 15) is 14.4 Å². The molecule has 5 nitrogen and oxygen atoms in total. The number of rotatable bonds is 8. The lowest BCUT2D eigenvalue weighted by atomic mass is 10.1. The molecule has 154 valence electrons. The van der Waals surface area contributed by atoms with Gasteiger partial charge >= 0.3 is 5.97 Å². The van der Waals surface area contributed by atoms with Crippen LogP contribution in [-0.2, 0) is 16.0 Å². The molecule has 0 radical (unpaired) electrons. The van der Waals surface area contributed by atoms with Gasteiger partial charge in [0.2, 0.25) is 5.91 Å². The number of hydrogen-bond donors (Lipinski definition) is 1. The first-order chi connectivity index (χ1) is 14.4. The molecule has 3 rings (SSSR count). The van der Waals surface area contributed by atoms with E-state index in [4.69, 9.17) is 4.74 Å². The fourth-order valence-electron chi connectivity index (χ4n) is 2.95. The predicted octanol–water partition coefficient (Wildman–Crippen LogP) is 4.44. The van der Waals surface area contributed by atoms with Crippen LogP contribution in [0.25, 0.3) is 11.1 Å². The van der Waals surface area contributed by atoms with Gasteiger partial charge in [-0.15, -0.1) is 11.3 Å². The van der Waals surface area contributed by atoms with Gasteiger partial charge in [-0.3, -0.25) is 9.59 Å². The maximum atomic E-state index is 12.5. The minimum atomic E-state index is -0.499. The molecule has 0 bridgehead atoms. The van der Waals surface area contributed by atoms with Crippen LogP contribution >= 0.6 is 11.3 Å². The van der Waals surface area contributed by atoms with E-state index in [1.165, 1.54) is 18.3 Å². The molecule has 30 heavy (non-hydrogen) atoms. The number of hydrogen-bond acceptors (Lipinski definition) is 5. The summed E-state index contributed by atoms with van der Waals surface area (Å²) in [5.41, 5.74) is 4.38. The summed E-state index contributed by atoms with van der Waals surface area (Å²) in [7, 11) is 0. The van der Waals surface area contributed by atoms with E-state index in [0.29, 0.717) is 23.4 Å². The molecule has 3 aromatic rings. The number of nitrogens with one attached hydrogen (secondary N) is 1. The Hall–Kier alpha value is -3.25. The number of amides is 1. The van der Waals surface area contributed by atoms with Crippen molar-refractivity contribution in [1.29, 1.82) is 0 Å². The smallest absolute Gasteiger partial charge is 0.349 e. The second kappa shape index (κ2) is 9.98. The maximum Gasteiger partial charge on any atom is 0.349 e. The molecule has 0 saturated carbocycles. The lowest BCUT2D eigenvalue weighted by Gasteiger charge is -2.07. The van der Waals surface area contributed by atoms with Crippen molar-refractivity contribution in [2.75, 3.05) is 13.2 Å². The van der Waals surface area contributed by atoms with Crippen LogP contribution in [0.1, 0.15) is 38.1 Å². The number of thiophene rings is 1. The molecule has 0 spiro atoms. The summed E-state index contributed by atoms with van der Waals surface area (Å²) in [4.78, 5) is 36.3. The Bertz CT molecular complexity index is 1040. The van der Waals surface area contributed by atoms with Crippen LogP contribution in [-0.4, -0.2) is 30.8 Å². The first-order valence-corrected chi connectivity index (χ1v) is 10.5. The minimum Gasteiger partial charge on any atom is -0.453 e. The van der Waals surface area contributed by atoms with Crippen molar-refractivity contribution in [3.8, 4) is 11.1 Å². The van der Waals surface area contributed by atoms with Gasteiger partial charge in [-0.05, 0) is 35.9 Å². The number of benzene rings is 2. The zero-order valence-electron chi connectivity index (χ0n) is 16.9. The maximum absolute atomic E-state index is 12.5. The number of carbonyl (C=O) groups excluding carboxylic acids is 3. The van der Waals surface area contributed by atoms with Crippen molar-refractivity contribution in [2.24, 2.45) is 0 Å². The monoisotopic (exact) mass is 421 g/mol. The van der Waals surface area contributed by atoms with Crippen LogP contribution < -0.4 is 5.32 Å². The van der Waals surface area contributed by atoms with E-state index in [0.717, 1.165) is 22.3 Å². The Morgan fingerprint density at radius 3 is 2.33 bits per heavy atom. The van der Waals surface area contributed by atoms with Gasteiger partial charge in [0.15, 0.2) is 12.4 Å². The number of Topliss-reactive ketones (excluding diaryl/α,β-unsaturated/α-hetero) is 1. The fourth-order valence-corrected chi connectivity index (χ4v) is 3.76. The summed E-state index contributed by atoms with van der Waals surface area (Å²) in [5.74, 6) is -0.828. The summed E-state index contributed by atoms with van der Waals surface area (Å²) in [6.45, 7) is 3.72.